The van der Waals surface area contributed by atoms with E-state index in [1.54, 1.807) is 6.55 Å². The molecule has 1 rings (SSSR count). The van der Waals surface area contributed by atoms with Crippen molar-refractivity contribution < 1.29 is 13.3 Å². The van der Waals surface area contributed by atoms with Crippen LogP contribution in [0.2, 0.25) is 26.2 Å². The Morgan fingerprint density at radius 2 is 1.57 bits per heavy atom. The van der Waals surface area contributed by atoms with Crippen molar-refractivity contribution in [2.24, 2.45) is 0 Å². The molecule has 0 aromatic heterocycles. The van der Waals surface area contributed by atoms with Crippen LogP contribution in [0.5, 0.6) is 0 Å². The fourth-order valence-electron chi connectivity index (χ4n) is 1.91. The Kier molecular flexibility index (Phi) is 3.93. The zero-order valence-corrected chi connectivity index (χ0v) is 11.7. The van der Waals surface area contributed by atoms with Gasteiger partial charge in [-0.15, -0.1) is 0 Å². The first kappa shape index (κ1) is 12.4. The Morgan fingerprint density at radius 3 is 2.00 bits per heavy atom. The first-order valence-corrected chi connectivity index (χ1v) is 11.1. The van der Waals surface area contributed by atoms with Gasteiger partial charge in [-0.1, -0.05) is 12.8 Å². The third-order valence-electron chi connectivity index (χ3n) is 2.18. The average molecular weight is 234 g/mol. The van der Waals surface area contributed by atoms with Crippen LogP contribution in [0.25, 0.3) is 0 Å². The van der Waals surface area contributed by atoms with Crippen molar-refractivity contribution in [3.63, 3.8) is 0 Å². The maximum Gasteiger partial charge on any atom is 0.484 e. The van der Waals surface area contributed by atoms with Crippen molar-refractivity contribution in [1.82, 2.24) is 0 Å². The molecule has 5 heteroatoms. The third-order valence-corrected chi connectivity index (χ3v) is 6.92. The Hall–Kier alpha value is 0.314. The zero-order valence-electron chi connectivity index (χ0n) is 9.67. The van der Waals surface area contributed by atoms with E-state index < -0.39 is 17.1 Å². The number of hydrogen-bond acceptors (Lipinski definition) is 3. The first-order chi connectivity index (χ1) is 6.29. The van der Waals surface area contributed by atoms with Crippen LogP contribution < -0.4 is 0 Å². The molecule has 0 aromatic carbocycles. The van der Waals surface area contributed by atoms with Gasteiger partial charge in [0, 0.05) is 12.7 Å². The molecule has 0 amide bonds. The molecule has 0 saturated heterocycles. The highest BCUT2D eigenvalue weighted by molar-refractivity contribution is 6.79. The molecular formula is C9H22O3Si2. The molecule has 1 saturated carbocycles. The van der Waals surface area contributed by atoms with Crippen LogP contribution in [-0.4, -0.2) is 28.0 Å². The fourth-order valence-corrected chi connectivity index (χ4v) is 7.50. The van der Waals surface area contributed by atoms with Crippen LogP contribution >= 0.6 is 0 Å². The lowest BCUT2D eigenvalue weighted by molar-refractivity contribution is 0.103. The summed E-state index contributed by atoms with van der Waals surface area (Å²) in [5.74, 6) is 0. The Morgan fingerprint density at radius 1 is 1.07 bits per heavy atom. The van der Waals surface area contributed by atoms with Gasteiger partial charge in [-0.05, 0) is 32.5 Å². The molecule has 1 unspecified atom stereocenters. The summed E-state index contributed by atoms with van der Waals surface area (Å²) in [6.45, 7) is 7.97. The molecule has 1 atom stereocenters. The van der Waals surface area contributed by atoms with Gasteiger partial charge in [-0.3, -0.25) is 0 Å². The maximum atomic E-state index is 10.0. The van der Waals surface area contributed by atoms with Crippen LogP contribution in [0.15, 0.2) is 0 Å². The summed E-state index contributed by atoms with van der Waals surface area (Å²) in [5.41, 5.74) is 0. The first-order valence-electron chi connectivity index (χ1n) is 5.39. The van der Waals surface area contributed by atoms with Gasteiger partial charge in [-0.2, -0.15) is 0 Å². The molecule has 1 fully saturated rings. The van der Waals surface area contributed by atoms with E-state index >= 15 is 0 Å². The molecule has 1 aliphatic carbocycles. The normalized spacial score (nSPS) is 23.8. The zero-order chi connectivity index (χ0) is 10.8. The fraction of sp³-hybridized carbons (Fsp3) is 1.00. The monoisotopic (exact) mass is 234 g/mol. The lowest BCUT2D eigenvalue weighted by Gasteiger charge is -2.30. The van der Waals surface area contributed by atoms with Crippen molar-refractivity contribution in [2.45, 2.75) is 58.0 Å². The summed E-state index contributed by atoms with van der Waals surface area (Å²) in [6.07, 6.45) is 4.86. The van der Waals surface area contributed by atoms with Gasteiger partial charge in [-0.25, -0.2) is 0 Å². The van der Waals surface area contributed by atoms with Gasteiger partial charge in [0.15, 0.2) is 8.32 Å². The maximum absolute atomic E-state index is 10.0. The predicted octanol–water partition coefficient (Wildman–Crippen LogP) is 2.36. The van der Waals surface area contributed by atoms with Crippen molar-refractivity contribution >= 4 is 17.1 Å². The molecule has 14 heavy (non-hydrogen) atoms. The van der Waals surface area contributed by atoms with E-state index in [-0.39, 0.29) is 6.10 Å². The molecule has 0 heterocycles. The van der Waals surface area contributed by atoms with E-state index in [2.05, 4.69) is 19.6 Å². The second-order valence-corrected chi connectivity index (χ2v) is 12.2. The van der Waals surface area contributed by atoms with Crippen LogP contribution in [0, 0.1) is 0 Å². The standard InChI is InChI=1S/C9H22O3Si2/c1-13(2,3)12-14(4,10)11-9-7-5-6-8-9/h9-10H,5-8H2,1-4H3. The van der Waals surface area contributed by atoms with Gasteiger partial charge in [0.05, 0.1) is 0 Å². The summed E-state index contributed by atoms with van der Waals surface area (Å²) in [7, 11) is -4.52. The van der Waals surface area contributed by atoms with Crippen molar-refractivity contribution in [3.05, 3.63) is 0 Å². The summed E-state index contributed by atoms with van der Waals surface area (Å²) in [4.78, 5) is 10.0. The Balaban J connectivity index is 2.40. The largest absolute Gasteiger partial charge is 0.484 e. The van der Waals surface area contributed by atoms with E-state index in [0.29, 0.717) is 0 Å². The van der Waals surface area contributed by atoms with Gasteiger partial charge in [0.2, 0.25) is 0 Å². The molecule has 0 spiro atoms. The highest BCUT2D eigenvalue weighted by Gasteiger charge is 2.38. The van der Waals surface area contributed by atoms with Gasteiger partial charge >= 0.3 is 8.80 Å². The van der Waals surface area contributed by atoms with Crippen molar-refractivity contribution in [3.8, 4) is 0 Å². The molecule has 0 radical (unpaired) electrons. The van der Waals surface area contributed by atoms with E-state index in [0.717, 1.165) is 12.8 Å². The molecule has 0 aromatic rings. The van der Waals surface area contributed by atoms with Gasteiger partial charge in [0.1, 0.15) is 0 Å². The molecule has 84 valence electrons. The molecule has 1 N–H and O–H groups in total. The minimum atomic E-state index is -2.84. The van der Waals surface area contributed by atoms with Crippen LogP contribution in [0.1, 0.15) is 25.7 Å². The Bertz CT molecular complexity index is 183. The van der Waals surface area contributed by atoms with Crippen molar-refractivity contribution in [2.75, 3.05) is 0 Å². The summed E-state index contributed by atoms with van der Waals surface area (Å²) >= 11 is 0. The summed E-state index contributed by atoms with van der Waals surface area (Å²) < 4.78 is 11.4. The molecule has 1 aliphatic rings. The highest BCUT2D eigenvalue weighted by atomic mass is 28.5. The smallest absolute Gasteiger partial charge is 0.416 e. The number of rotatable bonds is 4. The lowest BCUT2D eigenvalue weighted by atomic mass is 10.3. The van der Waals surface area contributed by atoms with Crippen LogP contribution in [0.3, 0.4) is 0 Å². The topological polar surface area (TPSA) is 38.7 Å². The summed E-state index contributed by atoms with van der Waals surface area (Å²) in [5, 5.41) is 0. The Labute approximate surface area is 88.9 Å². The van der Waals surface area contributed by atoms with E-state index in [4.69, 9.17) is 8.54 Å². The highest BCUT2D eigenvalue weighted by Crippen LogP contribution is 2.25. The van der Waals surface area contributed by atoms with Crippen molar-refractivity contribution in [1.29, 1.82) is 0 Å². The van der Waals surface area contributed by atoms with Gasteiger partial charge < -0.3 is 13.3 Å². The lowest BCUT2D eigenvalue weighted by Crippen LogP contribution is -2.49. The van der Waals surface area contributed by atoms with Gasteiger partial charge in [0.25, 0.3) is 0 Å². The third kappa shape index (κ3) is 4.70. The summed E-state index contributed by atoms with van der Waals surface area (Å²) in [6, 6.07) is 0. The van der Waals surface area contributed by atoms with E-state index in [1.807, 2.05) is 0 Å². The number of hydrogen-bond donors (Lipinski definition) is 1. The second kappa shape index (κ2) is 4.44. The van der Waals surface area contributed by atoms with E-state index in [9.17, 15) is 4.80 Å². The van der Waals surface area contributed by atoms with E-state index in [1.165, 1.54) is 12.8 Å². The predicted molar refractivity (Wildman–Crippen MR) is 61.6 cm³/mol. The quantitative estimate of drug-likeness (QED) is 0.759. The van der Waals surface area contributed by atoms with Crippen LogP contribution in [-0.2, 0) is 8.54 Å². The minimum absolute atomic E-state index is 0.244. The molecule has 3 nitrogen and oxygen atoms in total. The van der Waals surface area contributed by atoms with Crippen LogP contribution in [0.4, 0.5) is 0 Å². The second-order valence-electron chi connectivity index (χ2n) is 5.14. The minimum Gasteiger partial charge on any atom is -0.416 e. The SMILES string of the molecule is C[Si](C)(C)O[Si](C)(O)OC1CCCC1. The molecule has 0 aliphatic heterocycles. The molecule has 0 bridgehead atoms. The average Bonchev–Trinajstić information content (AvgIpc) is 2.31. The molecular weight excluding hydrogens is 212 g/mol.